The molecule has 183 valence electrons. The molecule has 0 heterocycles. The second-order valence-electron chi connectivity index (χ2n) is 9.65. The molecule has 6 heteroatoms. The van der Waals surface area contributed by atoms with Crippen LogP contribution in [0.25, 0.3) is 11.1 Å². The minimum absolute atomic E-state index is 0.0451. The van der Waals surface area contributed by atoms with E-state index in [2.05, 4.69) is 77.5 Å². The first-order valence-electron chi connectivity index (χ1n) is 12.6. The number of carbonyl (C=O) groups excluding carboxylic acids is 1. The normalized spacial score (nSPS) is 13.5. The average Bonchev–Trinajstić information content (AvgIpc) is 3.27. The molecule has 1 N–H and O–H groups in total. The molecule has 36 heavy (non-hydrogen) atoms. The summed E-state index contributed by atoms with van der Waals surface area (Å²) in [4.78, 5) is 13.5. The van der Waals surface area contributed by atoms with Gasteiger partial charge in [-0.25, -0.2) is 0 Å². The molecule has 0 aromatic heterocycles. The summed E-state index contributed by atoms with van der Waals surface area (Å²) in [5.74, 6) is -0.0451. The Morgan fingerprint density at radius 2 is 1.39 bits per heavy atom. The maximum absolute atomic E-state index is 13.5. The van der Waals surface area contributed by atoms with Crippen LogP contribution >= 0.6 is 18.6 Å². The summed E-state index contributed by atoms with van der Waals surface area (Å²) >= 11 is -5.03. The molecule has 4 aromatic rings. The topological polar surface area (TPSA) is 29.1 Å². The molecule has 0 spiro atoms. The second kappa shape index (κ2) is 10.3. The fraction of sp³-hybridized carbons (Fsp3) is 0.167. The number of rotatable bonds is 8. The Labute approximate surface area is 223 Å². The van der Waals surface area contributed by atoms with Crippen LogP contribution in [0.4, 0.5) is 0 Å². The Morgan fingerprint density at radius 3 is 2.03 bits per heavy atom. The third kappa shape index (κ3) is 4.64. The van der Waals surface area contributed by atoms with E-state index < -0.39 is 19.4 Å². The van der Waals surface area contributed by atoms with Crippen molar-refractivity contribution in [3.05, 3.63) is 114 Å². The molecular weight excluding hydrogens is 537 g/mol. The Morgan fingerprint density at radius 1 is 0.806 bits per heavy atom. The van der Waals surface area contributed by atoms with E-state index in [1.807, 2.05) is 36.4 Å². The molecule has 2 nitrogen and oxygen atoms in total. The van der Waals surface area contributed by atoms with Crippen molar-refractivity contribution >= 4 is 45.4 Å². The molecule has 1 amide bonds. The number of hydrogen-bond acceptors (Lipinski definition) is 1. The van der Waals surface area contributed by atoms with Crippen LogP contribution in [0.15, 0.2) is 103 Å². The first-order valence-corrected chi connectivity index (χ1v) is 22.9. The zero-order valence-electron chi connectivity index (χ0n) is 20.4. The summed E-state index contributed by atoms with van der Waals surface area (Å²) in [6.45, 7) is -0.264. The van der Waals surface area contributed by atoms with E-state index in [0.717, 1.165) is 33.5 Å². The molecule has 0 saturated carbocycles. The van der Waals surface area contributed by atoms with Gasteiger partial charge in [0.05, 0.1) is 0 Å². The summed E-state index contributed by atoms with van der Waals surface area (Å²) in [7, 11) is 16.1. The molecule has 0 bridgehead atoms. The molecule has 0 aliphatic heterocycles. The van der Waals surface area contributed by atoms with Crippen LogP contribution in [0.5, 0.6) is 0 Å². The standard InChI is InChI=1S/C13H9.C12H11Si.C5H11NO.2ClH.Ti/c1-3-7-12-10(5-1)9-11-6-2-4-8-13(11)12;1-3-7-11(8-4-1)13-12-9-5-2-6-10-12;1-2-3-4-5(6)7;;;/h1-5,7-8H,9H2;1-10,13H;2-4H2,1H3,(H2,6,7);2*1H;/q;;;;;+3/p-3. The van der Waals surface area contributed by atoms with E-state index in [4.69, 9.17) is 18.6 Å². The third-order valence-electron chi connectivity index (χ3n) is 7.24. The molecule has 0 radical (unpaired) electrons. The first-order chi connectivity index (χ1) is 17.4. The molecule has 0 saturated heterocycles. The van der Waals surface area contributed by atoms with Crippen molar-refractivity contribution < 1.29 is 17.5 Å². The molecule has 0 unspecified atom stereocenters. The quantitative estimate of drug-likeness (QED) is 0.242. The van der Waals surface area contributed by atoms with E-state index in [-0.39, 0.29) is 5.91 Å². The van der Waals surface area contributed by atoms with Gasteiger partial charge in [-0.2, -0.15) is 0 Å². The van der Waals surface area contributed by atoms with E-state index in [9.17, 15) is 4.79 Å². The maximum atomic E-state index is 13.5. The number of unbranched alkanes of at least 4 members (excludes halogenated alkanes) is 1. The van der Waals surface area contributed by atoms with Gasteiger partial charge in [-0.05, 0) is 0 Å². The summed E-state index contributed by atoms with van der Waals surface area (Å²) < 4.78 is 4.39. The Balaban J connectivity index is 1.77. The number of benzene rings is 4. The minimum atomic E-state index is -5.03. The zero-order valence-corrected chi connectivity index (χ0v) is 24.6. The predicted octanol–water partition coefficient (Wildman–Crippen LogP) is 5.64. The van der Waals surface area contributed by atoms with Crippen LogP contribution < -0.4 is 18.0 Å². The van der Waals surface area contributed by atoms with Gasteiger partial charge in [-0.15, -0.1) is 0 Å². The van der Waals surface area contributed by atoms with Gasteiger partial charge in [-0.1, -0.05) is 0 Å². The van der Waals surface area contributed by atoms with Crippen molar-refractivity contribution in [1.29, 1.82) is 0 Å². The van der Waals surface area contributed by atoms with Crippen molar-refractivity contribution in [3.63, 3.8) is 0 Å². The SMILES string of the molecule is CCCCC(=O)[NH][Ti]([Cl])([Cl])([c]1cccc2c1Cc1ccccc1-2)[SiH](c1ccccc1)c1ccccc1. The number of hydrogen-bond donors (Lipinski definition) is 1. The number of fused-ring (bicyclic) bond motifs is 3. The van der Waals surface area contributed by atoms with Crippen LogP contribution in [0.3, 0.4) is 0 Å². The van der Waals surface area contributed by atoms with Gasteiger partial charge in [0.25, 0.3) is 0 Å². The van der Waals surface area contributed by atoms with Gasteiger partial charge in [-0.3, -0.25) is 0 Å². The number of nitrogens with one attached hydrogen (secondary N) is 1. The Hall–Kier alpha value is -2.14. The zero-order chi connectivity index (χ0) is 25.2. The van der Waals surface area contributed by atoms with Gasteiger partial charge >= 0.3 is 225 Å². The van der Waals surface area contributed by atoms with Gasteiger partial charge in [0.2, 0.25) is 0 Å². The fourth-order valence-electron chi connectivity index (χ4n) is 5.61. The van der Waals surface area contributed by atoms with E-state index in [1.165, 1.54) is 22.3 Å². The second-order valence-corrected chi connectivity index (χ2v) is 34.2. The van der Waals surface area contributed by atoms with Crippen LogP contribution in [-0.2, 0) is 23.9 Å². The van der Waals surface area contributed by atoms with Crippen molar-refractivity contribution in [2.75, 3.05) is 0 Å². The number of carbonyl (C=O) groups is 1. The molecular formula is C30H30Cl2NOSiTi. The summed E-state index contributed by atoms with van der Waals surface area (Å²) in [5, 5.41) is 2.30. The third-order valence-corrected chi connectivity index (χ3v) is 31.4. The van der Waals surface area contributed by atoms with Crippen molar-refractivity contribution in [3.8, 4) is 11.1 Å². The predicted molar refractivity (Wildman–Crippen MR) is 153 cm³/mol. The molecule has 0 fully saturated rings. The van der Waals surface area contributed by atoms with E-state index in [0.29, 0.717) is 6.42 Å². The summed E-state index contributed by atoms with van der Waals surface area (Å²) in [5.41, 5.74) is 4.85. The Bertz CT molecular complexity index is 1360. The van der Waals surface area contributed by atoms with Crippen LogP contribution in [0.1, 0.15) is 37.3 Å². The molecule has 0 atom stereocenters. The van der Waals surface area contributed by atoms with Crippen molar-refractivity contribution in [2.24, 2.45) is 0 Å². The monoisotopic (exact) mass is 566 g/mol. The summed E-state index contributed by atoms with van der Waals surface area (Å²) in [6.07, 6.45) is 2.95. The van der Waals surface area contributed by atoms with Gasteiger partial charge in [0, 0.05) is 0 Å². The van der Waals surface area contributed by atoms with Crippen molar-refractivity contribution in [2.45, 2.75) is 32.6 Å². The van der Waals surface area contributed by atoms with Gasteiger partial charge < -0.3 is 0 Å². The van der Waals surface area contributed by atoms with Crippen LogP contribution in [0, 0.1) is 0 Å². The Kier molecular flexibility index (Phi) is 7.31. The molecule has 5 rings (SSSR count). The van der Waals surface area contributed by atoms with Crippen molar-refractivity contribution in [1.82, 2.24) is 3.80 Å². The molecule has 1 aliphatic carbocycles. The van der Waals surface area contributed by atoms with Gasteiger partial charge in [0.1, 0.15) is 0 Å². The van der Waals surface area contributed by atoms with E-state index >= 15 is 0 Å². The molecule has 4 aromatic carbocycles. The fourth-order valence-corrected chi connectivity index (χ4v) is 31.6. The van der Waals surface area contributed by atoms with Crippen LogP contribution in [-0.4, -0.2) is 12.6 Å². The van der Waals surface area contributed by atoms with E-state index in [1.54, 1.807) is 0 Å². The summed E-state index contributed by atoms with van der Waals surface area (Å²) in [6, 6.07) is 35.5. The van der Waals surface area contributed by atoms with Crippen LogP contribution in [0.2, 0.25) is 0 Å². The van der Waals surface area contributed by atoms with Gasteiger partial charge in [0.15, 0.2) is 0 Å². The molecule has 1 aliphatic rings. The number of halogens is 2. The first kappa shape index (κ1) is 25.5. The number of amides is 1. The average molecular weight is 567 g/mol.